The van der Waals surface area contributed by atoms with E-state index in [-0.39, 0.29) is 6.10 Å². The number of fused-ring (bicyclic) bond motifs is 1. The summed E-state index contributed by atoms with van der Waals surface area (Å²) in [6.45, 7) is 4.81. The smallest absolute Gasteiger partial charge is 0.235 e. The van der Waals surface area contributed by atoms with E-state index in [1.54, 1.807) is 26.0 Å². The highest BCUT2D eigenvalue weighted by Gasteiger charge is 2.27. The molecule has 2 fully saturated rings. The predicted octanol–water partition coefficient (Wildman–Crippen LogP) is 5.32. The van der Waals surface area contributed by atoms with Crippen molar-refractivity contribution in [2.45, 2.75) is 63.3 Å². The Morgan fingerprint density at radius 1 is 1.06 bits per heavy atom. The van der Waals surface area contributed by atoms with Crippen molar-refractivity contribution in [3.8, 4) is 17.0 Å². The third-order valence-corrected chi connectivity index (χ3v) is 8.73. The Bertz CT molecular complexity index is 1270. The fraction of sp³-hybridized carbons (Fsp3) is 0.462. The summed E-state index contributed by atoms with van der Waals surface area (Å²) in [5.74, 6) is 0.863. The fourth-order valence-electron chi connectivity index (χ4n) is 4.67. The topological polar surface area (TPSA) is 95.6 Å². The van der Waals surface area contributed by atoms with Crippen LogP contribution in [0.25, 0.3) is 22.2 Å². The van der Waals surface area contributed by atoms with Gasteiger partial charge < -0.3 is 19.8 Å². The summed E-state index contributed by atoms with van der Waals surface area (Å²) in [5, 5.41) is 0.521. The third-order valence-electron chi connectivity index (χ3n) is 6.96. The molecule has 0 amide bonds. The number of nitrogens with one attached hydrogen (secondary N) is 1. The molecule has 1 saturated carbocycles. The number of rotatable bonds is 7. The van der Waals surface area contributed by atoms with Crippen LogP contribution in [0.3, 0.4) is 0 Å². The second-order valence-corrected chi connectivity index (χ2v) is 11.8. The van der Waals surface area contributed by atoms with E-state index in [1.807, 2.05) is 18.2 Å². The first kappa shape index (κ1) is 23.1. The van der Waals surface area contributed by atoms with Gasteiger partial charge in [-0.1, -0.05) is 12.1 Å². The van der Waals surface area contributed by atoms with Gasteiger partial charge in [-0.25, -0.2) is 8.42 Å². The lowest BCUT2D eigenvalue weighted by Crippen LogP contribution is -2.25. The minimum atomic E-state index is -3.39. The Morgan fingerprint density at radius 2 is 1.76 bits per heavy atom. The number of ether oxygens (including phenoxy) is 2. The summed E-state index contributed by atoms with van der Waals surface area (Å²) in [6, 6.07) is 14.1. The number of nitrogen functional groups attached to an aromatic ring is 1. The molecular weight excluding hydrogens is 450 g/mol. The number of anilines is 2. The molecule has 8 heteroatoms. The largest absolute Gasteiger partial charge is 0.490 e. The van der Waals surface area contributed by atoms with Gasteiger partial charge in [0.15, 0.2) is 0 Å². The van der Waals surface area contributed by atoms with E-state index in [1.165, 1.54) is 6.42 Å². The number of hydrogen-bond donors (Lipinski definition) is 2. The van der Waals surface area contributed by atoms with Crippen LogP contribution in [0, 0.1) is 0 Å². The van der Waals surface area contributed by atoms with E-state index in [0.29, 0.717) is 11.7 Å². The van der Waals surface area contributed by atoms with Crippen LogP contribution in [0.15, 0.2) is 42.5 Å². The first-order chi connectivity index (χ1) is 16.3. The van der Waals surface area contributed by atoms with Crippen molar-refractivity contribution in [2.75, 3.05) is 23.7 Å². The zero-order chi connectivity index (χ0) is 23.9. The second-order valence-electron chi connectivity index (χ2n) is 9.60. The third kappa shape index (κ3) is 4.36. The van der Waals surface area contributed by atoms with Crippen molar-refractivity contribution in [3.63, 3.8) is 0 Å². The highest BCUT2D eigenvalue weighted by molar-refractivity contribution is 7.93. The molecule has 1 aliphatic heterocycles. The molecule has 0 bridgehead atoms. The standard InChI is InChI=1S/C26H33N3O4S/c1-17(2)34(30,31)28-19-8-6-18(7-9-19)26-25(27)23-11-10-22(33-21-12-14-32-15-13-21)16-24(23)29(26)20-4-3-5-20/h6-11,16-17,20-21,28H,3-5,12-15,27H2,1-2H3. The highest BCUT2D eigenvalue weighted by atomic mass is 32.2. The van der Waals surface area contributed by atoms with Crippen LogP contribution in [-0.2, 0) is 14.8 Å². The number of nitrogens with two attached hydrogens (primary N) is 1. The first-order valence-electron chi connectivity index (χ1n) is 12.1. The van der Waals surface area contributed by atoms with Crippen molar-refractivity contribution >= 4 is 32.3 Å². The maximum absolute atomic E-state index is 12.2. The molecule has 0 radical (unpaired) electrons. The molecule has 0 atom stereocenters. The Hall–Kier alpha value is -2.71. The van der Waals surface area contributed by atoms with Crippen LogP contribution in [0.4, 0.5) is 11.4 Å². The Balaban J connectivity index is 1.52. The highest BCUT2D eigenvalue weighted by Crippen LogP contribution is 2.45. The van der Waals surface area contributed by atoms with Crippen molar-refractivity contribution < 1.29 is 17.9 Å². The molecule has 1 aromatic heterocycles. The molecule has 3 aromatic rings. The quantitative estimate of drug-likeness (QED) is 0.474. The van der Waals surface area contributed by atoms with Crippen LogP contribution in [0.1, 0.15) is 52.0 Å². The molecule has 3 N–H and O–H groups in total. The number of nitrogens with zero attached hydrogens (tertiary/aromatic N) is 1. The average Bonchev–Trinajstić information content (AvgIpc) is 3.05. The van der Waals surface area contributed by atoms with Crippen molar-refractivity contribution in [1.29, 1.82) is 0 Å². The Morgan fingerprint density at radius 3 is 2.38 bits per heavy atom. The molecule has 2 aliphatic rings. The number of benzene rings is 2. The molecule has 34 heavy (non-hydrogen) atoms. The molecule has 0 unspecified atom stereocenters. The SMILES string of the molecule is CC(C)S(=O)(=O)Nc1ccc(-c2c(N)c3ccc(OC4CCOCC4)cc3n2C2CCC2)cc1. The van der Waals surface area contributed by atoms with Crippen LogP contribution in [0.5, 0.6) is 5.75 Å². The van der Waals surface area contributed by atoms with E-state index >= 15 is 0 Å². The van der Waals surface area contributed by atoms with E-state index in [4.69, 9.17) is 15.2 Å². The average molecular weight is 484 g/mol. The molecule has 2 heterocycles. The van der Waals surface area contributed by atoms with Crippen molar-refractivity contribution in [3.05, 3.63) is 42.5 Å². The maximum Gasteiger partial charge on any atom is 0.235 e. The molecule has 182 valence electrons. The first-order valence-corrected chi connectivity index (χ1v) is 13.7. The molecule has 2 aromatic carbocycles. The van der Waals surface area contributed by atoms with Gasteiger partial charge in [-0.2, -0.15) is 0 Å². The summed E-state index contributed by atoms with van der Waals surface area (Å²) in [7, 11) is -3.39. The van der Waals surface area contributed by atoms with Gasteiger partial charge in [0, 0.05) is 41.6 Å². The lowest BCUT2D eigenvalue weighted by molar-refractivity contribution is 0.0256. The number of aromatic nitrogens is 1. The number of sulfonamides is 1. The van der Waals surface area contributed by atoms with Gasteiger partial charge in [0.25, 0.3) is 0 Å². The van der Waals surface area contributed by atoms with Gasteiger partial charge in [0.05, 0.1) is 35.4 Å². The van der Waals surface area contributed by atoms with E-state index < -0.39 is 15.3 Å². The molecule has 0 spiro atoms. The van der Waals surface area contributed by atoms with E-state index in [2.05, 4.69) is 21.4 Å². The van der Waals surface area contributed by atoms with E-state index in [9.17, 15) is 8.42 Å². The molecule has 7 nitrogen and oxygen atoms in total. The zero-order valence-electron chi connectivity index (χ0n) is 19.8. The molecular formula is C26H33N3O4S. The summed E-state index contributed by atoms with van der Waals surface area (Å²) in [6.07, 6.45) is 5.43. The van der Waals surface area contributed by atoms with Gasteiger partial charge >= 0.3 is 0 Å². The molecule has 1 saturated heterocycles. The minimum absolute atomic E-state index is 0.178. The van der Waals surface area contributed by atoms with Gasteiger partial charge in [0.1, 0.15) is 11.9 Å². The van der Waals surface area contributed by atoms with Crippen LogP contribution >= 0.6 is 0 Å². The minimum Gasteiger partial charge on any atom is -0.490 e. The lowest BCUT2D eigenvalue weighted by atomic mass is 9.92. The molecule has 1 aliphatic carbocycles. The maximum atomic E-state index is 12.2. The molecule has 5 rings (SSSR count). The van der Waals surface area contributed by atoms with Crippen molar-refractivity contribution in [2.24, 2.45) is 0 Å². The summed E-state index contributed by atoms with van der Waals surface area (Å²) in [5.41, 5.74) is 11.1. The lowest BCUT2D eigenvalue weighted by Gasteiger charge is -2.30. The summed E-state index contributed by atoms with van der Waals surface area (Å²) in [4.78, 5) is 0. The Labute approximate surface area is 201 Å². The van der Waals surface area contributed by atoms with Crippen LogP contribution in [-0.4, -0.2) is 37.6 Å². The second kappa shape index (κ2) is 9.15. The summed E-state index contributed by atoms with van der Waals surface area (Å²) < 4.78 is 41.2. The van der Waals surface area contributed by atoms with Gasteiger partial charge in [-0.15, -0.1) is 0 Å². The van der Waals surface area contributed by atoms with Gasteiger partial charge in [-0.05, 0) is 57.4 Å². The van der Waals surface area contributed by atoms with Gasteiger partial charge in [-0.3, -0.25) is 4.72 Å². The van der Waals surface area contributed by atoms with Crippen LogP contribution in [0.2, 0.25) is 0 Å². The zero-order valence-corrected chi connectivity index (χ0v) is 20.6. The fourth-order valence-corrected chi connectivity index (χ4v) is 5.37. The normalized spacial score (nSPS) is 17.7. The van der Waals surface area contributed by atoms with Crippen LogP contribution < -0.4 is 15.2 Å². The van der Waals surface area contributed by atoms with Gasteiger partial charge in [0.2, 0.25) is 10.0 Å². The predicted molar refractivity (Wildman–Crippen MR) is 137 cm³/mol. The monoisotopic (exact) mass is 483 g/mol. The van der Waals surface area contributed by atoms with Crippen molar-refractivity contribution in [1.82, 2.24) is 4.57 Å². The van der Waals surface area contributed by atoms with E-state index in [0.717, 1.165) is 72.5 Å². The Kier molecular flexibility index (Phi) is 6.20. The summed E-state index contributed by atoms with van der Waals surface area (Å²) >= 11 is 0. The number of hydrogen-bond acceptors (Lipinski definition) is 5.